The van der Waals surface area contributed by atoms with Crippen LogP contribution in [0.3, 0.4) is 0 Å². The monoisotopic (exact) mass is 445 g/mol. The minimum Gasteiger partial charge on any atom is -0.497 e. The first-order valence-corrected chi connectivity index (χ1v) is 10.9. The quantitative estimate of drug-likeness (QED) is 0.615. The summed E-state index contributed by atoms with van der Waals surface area (Å²) in [6, 6.07) is 17.3. The summed E-state index contributed by atoms with van der Waals surface area (Å²) in [7, 11) is 1.57. The minimum atomic E-state index is -0.900. The van der Waals surface area contributed by atoms with Crippen LogP contribution in [0.5, 0.6) is 11.5 Å². The van der Waals surface area contributed by atoms with Gasteiger partial charge in [0.1, 0.15) is 17.5 Å². The molecule has 2 atom stereocenters. The summed E-state index contributed by atoms with van der Waals surface area (Å²) in [6.45, 7) is 4.07. The number of aromatic nitrogens is 1. The number of nitrogens with one attached hydrogen (secondary N) is 1. The van der Waals surface area contributed by atoms with E-state index < -0.39 is 12.1 Å². The minimum absolute atomic E-state index is 0.108. The maximum atomic E-state index is 13.8. The predicted octanol–water partition coefficient (Wildman–Crippen LogP) is 4.22. The third-order valence-electron chi connectivity index (χ3n) is 5.58. The highest BCUT2D eigenvalue weighted by molar-refractivity contribution is 5.99. The number of ether oxygens (including phenoxy) is 2. The average Bonchev–Trinajstić information content (AvgIpc) is 2.94. The highest BCUT2D eigenvalue weighted by Crippen LogP contribution is 2.39. The van der Waals surface area contributed by atoms with Crippen LogP contribution in [0.1, 0.15) is 31.0 Å². The molecule has 0 saturated carbocycles. The molecule has 0 saturated heterocycles. The number of rotatable bonds is 6. The molecule has 7 heteroatoms. The molecule has 1 aliphatic heterocycles. The molecule has 1 N–H and O–H groups in total. The van der Waals surface area contributed by atoms with E-state index in [1.165, 1.54) is 0 Å². The van der Waals surface area contributed by atoms with Crippen LogP contribution in [0.25, 0.3) is 0 Å². The van der Waals surface area contributed by atoms with E-state index in [1.807, 2.05) is 56.3 Å². The second kappa shape index (κ2) is 9.73. The molecule has 1 aromatic heterocycles. The SMILES string of the molecule is COc1ccc2c(c1)OC(C(C)C)C(=O)N(Cc1cccnc1)C2C(=O)Nc1ccccc1. The molecule has 3 aromatic rings. The fourth-order valence-electron chi connectivity index (χ4n) is 3.91. The molecule has 0 aliphatic carbocycles. The van der Waals surface area contributed by atoms with Crippen LogP contribution in [0.15, 0.2) is 73.1 Å². The number of methoxy groups -OCH3 is 1. The number of nitrogens with zero attached hydrogens (tertiary/aromatic N) is 2. The normalized spacial score (nSPS) is 17.7. The molecule has 2 unspecified atom stereocenters. The summed E-state index contributed by atoms with van der Waals surface area (Å²) in [5.41, 5.74) is 2.07. The third-order valence-corrected chi connectivity index (χ3v) is 5.58. The molecular weight excluding hydrogens is 418 g/mol. The average molecular weight is 446 g/mol. The van der Waals surface area contributed by atoms with E-state index in [0.29, 0.717) is 22.7 Å². The Labute approximate surface area is 193 Å². The summed E-state index contributed by atoms with van der Waals surface area (Å²) in [5.74, 6) is 0.369. The van der Waals surface area contributed by atoms with E-state index in [4.69, 9.17) is 9.47 Å². The van der Waals surface area contributed by atoms with Gasteiger partial charge in [0, 0.05) is 36.3 Å². The second-order valence-corrected chi connectivity index (χ2v) is 8.27. The Morgan fingerprint density at radius 2 is 1.94 bits per heavy atom. The Morgan fingerprint density at radius 1 is 1.15 bits per heavy atom. The van der Waals surface area contributed by atoms with Crippen molar-refractivity contribution < 1.29 is 19.1 Å². The van der Waals surface area contributed by atoms with Crippen molar-refractivity contribution in [2.75, 3.05) is 12.4 Å². The van der Waals surface area contributed by atoms with E-state index >= 15 is 0 Å². The first-order chi connectivity index (χ1) is 16.0. The third kappa shape index (κ3) is 4.82. The van der Waals surface area contributed by atoms with E-state index in [9.17, 15) is 9.59 Å². The molecular formula is C26H27N3O4. The van der Waals surface area contributed by atoms with Crippen LogP contribution in [0, 0.1) is 5.92 Å². The highest BCUT2D eigenvalue weighted by Gasteiger charge is 2.42. The summed E-state index contributed by atoms with van der Waals surface area (Å²) in [4.78, 5) is 33.2. The number of anilines is 1. The van der Waals surface area contributed by atoms with Gasteiger partial charge in [-0.2, -0.15) is 0 Å². The Morgan fingerprint density at radius 3 is 2.61 bits per heavy atom. The summed E-state index contributed by atoms with van der Waals surface area (Å²) >= 11 is 0. The van der Waals surface area contributed by atoms with Gasteiger partial charge in [-0.1, -0.05) is 38.1 Å². The van der Waals surface area contributed by atoms with Crippen molar-refractivity contribution in [3.63, 3.8) is 0 Å². The Hall–Kier alpha value is -3.87. The van der Waals surface area contributed by atoms with Gasteiger partial charge in [-0.3, -0.25) is 14.6 Å². The van der Waals surface area contributed by atoms with Crippen molar-refractivity contribution in [3.8, 4) is 11.5 Å². The first-order valence-electron chi connectivity index (χ1n) is 10.9. The fraction of sp³-hybridized carbons (Fsp3) is 0.269. The van der Waals surface area contributed by atoms with E-state index in [2.05, 4.69) is 10.3 Å². The maximum Gasteiger partial charge on any atom is 0.265 e. The summed E-state index contributed by atoms with van der Waals surface area (Å²) < 4.78 is 11.6. The van der Waals surface area contributed by atoms with Crippen LogP contribution in [0.4, 0.5) is 5.69 Å². The standard InChI is InChI=1S/C26H27N3O4/c1-17(2)24-26(31)29(16-18-8-7-13-27-15-18)23(25(30)28-19-9-5-4-6-10-19)21-12-11-20(32-3)14-22(21)33-24/h4-15,17,23-24H,16H2,1-3H3,(H,28,30). The first kappa shape index (κ1) is 22.3. The summed E-state index contributed by atoms with van der Waals surface area (Å²) in [5, 5.41) is 2.95. The molecule has 0 fully saturated rings. The zero-order chi connectivity index (χ0) is 23.4. The molecule has 0 spiro atoms. The number of para-hydroxylation sites is 1. The molecule has 2 aromatic carbocycles. The topological polar surface area (TPSA) is 80.8 Å². The van der Waals surface area contributed by atoms with E-state index in [1.54, 1.807) is 42.6 Å². The van der Waals surface area contributed by atoms with Crippen LogP contribution < -0.4 is 14.8 Å². The smallest absolute Gasteiger partial charge is 0.265 e. The van der Waals surface area contributed by atoms with Gasteiger partial charge in [0.15, 0.2) is 6.10 Å². The Kier molecular flexibility index (Phi) is 6.58. The van der Waals surface area contributed by atoms with Crippen molar-refractivity contribution in [2.24, 2.45) is 5.92 Å². The van der Waals surface area contributed by atoms with E-state index in [-0.39, 0.29) is 24.3 Å². The Balaban J connectivity index is 1.82. The molecule has 4 rings (SSSR count). The molecule has 2 amide bonds. The number of fused-ring (bicyclic) bond motifs is 1. The van der Waals surface area contributed by atoms with Crippen molar-refractivity contribution in [1.29, 1.82) is 0 Å². The molecule has 1 aliphatic rings. The maximum absolute atomic E-state index is 13.8. The van der Waals surface area contributed by atoms with Gasteiger partial charge in [-0.05, 0) is 41.8 Å². The lowest BCUT2D eigenvalue weighted by Gasteiger charge is -2.31. The van der Waals surface area contributed by atoms with Crippen LogP contribution in [-0.4, -0.2) is 34.9 Å². The predicted molar refractivity (Wildman–Crippen MR) is 125 cm³/mol. The largest absolute Gasteiger partial charge is 0.497 e. The van der Waals surface area contributed by atoms with Gasteiger partial charge in [0.2, 0.25) is 0 Å². The van der Waals surface area contributed by atoms with Crippen molar-refractivity contribution in [2.45, 2.75) is 32.5 Å². The number of benzene rings is 2. The van der Waals surface area contributed by atoms with E-state index in [0.717, 1.165) is 5.56 Å². The number of hydrogen-bond acceptors (Lipinski definition) is 5. The number of carbonyl (C=O) groups excluding carboxylic acids is 2. The number of amides is 2. The molecule has 7 nitrogen and oxygen atoms in total. The van der Waals surface area contributed by atoms with Crippen molar-refractivity contribution in [1.82, 2.24) is 9.88 Å². The van der Waals surface area contributed by atoms with Crippen LogP contribution in [0.2, 0.25) is 0 Å². The van der Waals surface area contributed by atoms with Gasteiger partial charge < -0.3 is 19.7 Å². The van der Waals surface area contributed by atoms with Crippen LogP contribution >= 0.6 is 0 Å². The highest BCUT2D eigenvalue weighted by atomic mass is 16.5. The molecule has 0 radical (unpaired) electrons. The van der Waals surface area contributed by atoms with Crippen molar-refractivity contribution in [3.05, 3.63) is 84.2 Å². The van der Waals surface area contributed by atoms with Gasteiger partial charge in [-0.15, -0.1) is 0 Å². The summed E-state index contributed by atoms with van der Waals surface area (Å²) in [6.07, 6.45) is 2.63. The number of carbonyl (C=O) groups is 2. The lowest BCUT2D eigenvalue weighted by molar-refractivity contribution is -0.146. The molecule has 170 valence electrons. The van der Waals surface area contributed by atoms with Gasteiger partial charge in [0.25, 0.3) is 11.8 Å². The molecule has 33 heavy (non-hydrogen) atoms. The lowest BCUT2D eigenvalue weighted by atomic mass is 10.0. The zero-order valence-electron chi connectivity index (χ0n) is 18.9. The number of pyridine rings is 1. The molecule has 2 heterocycles. The van der Waals surface area contributed by atoms with Crippen molar-refractivity contribution >= 4 is 17.5 Å². The second-order valence-electron chi connectivity index (χ2n) is 8.27. The molecule has 0 bridgehead atoms. The fourth-order valence-corrected chi connectivity index (χ4v) is 3.91. The van der Waals surface area contributed by atoms with Gasteiger partial charge in [0.05, 0.1) is 7.11 Å². The van der Waals surface area contributed by atoms with Gasteiger partial charge >= 0.3 is 0 Å². The zero-order valence-corrected chi connectivity index (χ0v) is 18.9. The lowest BCUT2D eigenvalue weighted by Crippen LogP contribution is -2.46. The Bertz CT molecular complexity index is 1120. The van der Waals surface area contributed by atoms with Crippen LogP contribution in [-0.2, 0) is 16.1 Å². The number of hydrogen-bond donors (Lipinski definition) is 1. The van der Waals surface area contributed by atoms with Gasteiger partial charge in [-0.25, -0.2) is 0 Å².